The molecule has 0 radical (unpaired) electrons. The fraction of sp³-hybridized carbons (Fsp3) is 0.600. The first kappa shape index (κ1) is 15.1. The molecule has 1 aliphatic rings. The minimum atomic E-state index is 0.0677. The third kappa shape index (κ3) is 2.77. The highest BCUT2D eigenvalue weighted by Crippen LogP contribution is 2.25. The van der Waals surface area contributed by atoms with Gasteiger partial charge in [-0.2, -0.15) is 5.10 Å². The van der Waals surface area contributed by atoms with Crippen LogP contribution in [-0.4, -0.2) is 43.3 Å². The van der Waals surface area contributed by atoms with Gasteiger partial charge in [0.15, 0.2) is 0 Å². The van der Waals surface area contributed by atoms with Crippen LogP contribution in [0.2, 0.25) is 0 Å². The first-order valence-electron chi connectivity index (χ1n) is 7.73. The van der Waals surface area contributed by atoms with Gasteiger partial charge in [0, 0.05) is 18.8 Å². The van der Waals surface area contributed by atoms with E-state index in [9.17, 15) is 4.79 Å². The molecule has 0 aromatic carbocycles. The van der Waals surface area contributed by atoms with E-state index in [-0.39, 0.29) is 11.9 Å². The smallest absolute Gasteiger partial charge is 0.267 e. The fourth-order valence-electron chi connectivity index (χ4n) is 3.10. The van der Waals surface area contributed by atoms with Gasteiger partial charge in [-0.15, -0.1) is 5.10 Å². The Morgan fingerprint density at radius 2 is 2.27 bits per heavy atom. The van der Waals surface area contributed by atoms with E-state index < -0.39 is 0 Å². The Bertz CT molecular complexity index is 677. The van der Waals surface area contributed by atoms with Crippen LogP contribution in [0.15, 0.2) is 6.07 Å². The third-order valence-electron chi connectivity index (χ3n) is 4.16. The van der Waals surface area contributed by atoms with Crippen molar-refractivity contribution in [3.63, 3.8) is 0 Å². The molecule has 3 heterocycles. The first-order chi connectivity index (χ1) is 10.6. The number of rotatable bonds is 3. The van der Waals surface area contributed by atoms with Gasteiger partial charge < -0.3 is 4.90 Å². The summed E-state index contributed by atoms with van der Waals surface area (Å²) in [6.07, 6.45) is 2.81. The van der Waals surface area contributed by atoms with Crippen LogP contribution in [0, 0.1) is 13.8 Å². The average Bonchev–Trinajstić information content (AvgIpc) is 3.12. The molecule has 0 saturated carbocycles. The molecule has 1 aliphatic heterocycles. The molecule has 2 aromatic rings. The zero-order valence-electron chi connectivity index (χ0n) is 13.2. The molecule has 0 bridgehead atoms. The van der Waals surface area contributed by atoms with Crippen LogP contribution in [0.4, 0.5) is 0 Å². The second kappa shape index (κ2) is 6.16. The Balaban J connectivity index is 1.78. The largest absolute Gasteiger partial charge is 0.336 e. The molecule has 0 N–H and O–H groups in total. The van der Waals surface area contributed by atoms with E-state index in [1.807, 2.05) is 18.7 Å². The van der Waals surface area contributed by atoms with Crippen molar-refractivity contribution in [2.24, 2.45) is 0 Å². The van der Waals surface area contributed by atoms with Crippen molar-refractivity contribution >= 4 is 17.4 Å². The number of aryl methyl sites for hydroxylation is 3. The normalized spacial score (nSPS) is 18.7. The lowest BCUT2D eigenvalue weighted by molar-refractivity contribution is 0.0675. The van der Waals surface area contributed by atoms with E-state index in [0.29, 0.717) is 11.4 Å². The van der Waals surface area contributed by atoms with Crippen LogP contribution < -0.4 is 0 Å². The number of piperidine rings is 1. The van der Waals surface area contributed by atoms with Crippen LogP contribution in [0.3, 0.4) is 0 Å². The highest BCUT2D eigenvalue weighted by Gasteiger charge is 2.29. The second-order valence-corrected chi connectivity index (χ2v) is 6.58. The summed E-state index contributed by atoms with van der Waals surface area (Å²) in [5.41, 5.74) is 3.00. The van der Waals surface area contributed by atoms with Crippen LogP contribution in [0.25, 0.3) is 0 Å². The maximum absolute atomic E-state index is 12.7. The highest BCUT2D eigenvalue weighted by atomic mass is 32.1. The summed E-state index contributed by atoms with van der Waals surface area (Å²) < 4.78 is 6.00. The van der Waals surface area contributed by atoms with Gasteiger partial charge in [0.1, 0.15) is 4.88 Å². The number of likely N-dealkylation sites (tertiary alicyclic amines) is 1. The van der Waals surface area contributed by atoms with Crippen LogP contribution in [0.5, 0.6) is 0 Å². The first-order valence-corrected chi connectivity index (χ1v) is 8.50. The minimum absolute atomic E-state index is 0.0677. The summed E-state index contributed by atoms with van der Waals surface area (Å²) in [6.45, 7) is 7.59. The average molecular weight is 319 g/mol. The van der Waals surface area contributed by atoms with Gasteiger partial charge >= 0.3 is 0 Å². The third-order valence-corrected chi connectivity index (χ3v) is 4.92. The summed E-state index contributed by atoms with van der Waals surface area (Å²) in [5.74, 6) is 0.0677. The van der Waals surface area contributed by atoms with Gasteiger partial charge in [0.2, 0.25) is 0 Å². The lowest BCUT2D eigenvalue weighted by atomic mass is 10.1. The molecule has 0 aliphatic carbocycles. The molecular formula is C15H21N5OS. The zero-order chi connectivity index (χ0) is 15.7. The zero-order valence-corrected chi connectivity index (χ0v) is 14.1. The van der Waals surface area contributed by atoms with Crippen molar-refractivity contribution in [1.82, 2.24) is 24.3 Å². The molecule has 1 atom stereocenters. The Labute approximate surface area is 134 Å². The van der Waals surface area contributed by atoms with E-state index in [1.54, 1.807) is 0 Å². The predicted octanol–water partition coefficient (Wildman–Crippen LogP) is 2.39. The van der Waals surface area contributed by atoms with Crippen molar-refractivity contribution in [3.05, 3.63) is 28.0 Å². The summed E-state index contributed by atoms with van der Waals surface area (Å²) in [4.78, 5) is 15.4. The standard InChI is InChI=1S/C15H21N5OS/c1-4-13-14(22-18-16-13)15(21)19-7-5-6-12(9-19)20-11(3)8-10(2)17-20/h8,12H,4-7,9H2,1-3H3/t12-/m1/s1. The summed E-state index contributed by atoms with van der Waals surface area (Å²) in [7, 11) is 0. The molecule has 118 valence electrons. The van der Waals surface area contributed by atoms with Gasteiger partial charge in [-0.25, -0.2) is 0 Å². The lowest BCUT2D eigenvalue weighted by Crippen LogP contribution is -2.41. The molecular weight excluding hydrogens is 298 g/mol. The van der Waals surface area contributed by atoms with Gasteiger partial charge in [-0.05, 0) is 50.7 Å². The Kier molecular flexibility index (Phi) is 4.24. The number of carbonyl (C=O) groups excluding carboxylic acids is 1. The van der Waals surface area contributed by atoms with Gasteiger partial charge in [-0.1, -0.05) is 11.4 Å². The summed E-state index contributed by atoms with van der Waals surface area (Å²) >= 11 is 1.21. The second-order valence-electron chi connectivity index (χ2n) is 5.82. The quantitative estimate of drug-likeness (QED) is 0.871. The van der Waals surface area contributed by atoms with E-state index in [4.69, 9.17) is 0 Å². The van der Waals surface area contributed by atoms with Crippen molar-refractivity contribution in [2.75, 3.05) is 13.1 Å². The van der Waals surface area contributed by atoms with Crippen LogP contribution >= 0.6 is 11.5 Å². The van der Waals surface area contributed by atoms with Gasteiger partial charge in [0.25, 0.3) is 5.91 Å². The molecule has 22 heavy (non-hydrogen) atoms. The Morgan fingerprint density at radius 3 is 2.95 bits per heavy atom. The number of amides is 1. The number of nitrogens with zero attached hydrogens (tertiary/aromatic N) is 5. The van der Waals surface area contributed by atoms with E-state index >= 15 is 0 Å². The molecule has 6 nitrogen and oxygen atoms in total. The van der Waals surface area contributed by atoms with E-state index in [1.165, 1.54) is 11.5 Å². The maximum Gasteiger partial charge on any atom is 0.267 e. The number of carbonyl (C=O) groups is 1. The Hall–Kier alpha value is -1.76. The van der Waals surface area contributed by atoms with Gasteiger partial charge in [-0.3, -0.25) is 9.48 Å². The number of aromatic nitrogens is 4. The fourth-order valence-corrected chi connectivity index (χ4v) is 3.82. The molecule has 1 saturated heterocycles. The van der Waals surface area contributed by atoms with E-state index in [0.717, 1.165) is 42.9 Å². The van der Waals surface area contributed by atoms with Crippen molar-refractivity contribution in [3.8, 4) is 0 Å². The SMILES string of the molecule is CCc1nnsc1C(=O)N1CCC[C@@H](n2nc(C)cc2C)C1. The molecule has 0 unspecified atom stereocenters. The molecule has 0 spiro atoms. The van der Waals surface area contributed by atoms with Gasteiger partial charge in [0.05, 0.1) is 17.4 Å². The topological polar surface area (TPSA) is 63.9 Å². The predicted molar refractivity (Wildman–Crippen MR) is 85.2 cm³/mol. The lowest BCUT2D eigenvalue weighted by Gasteiger charge is -2.33. The molecule has 1 amide bonds. The number of hydrogen-bond donors (Lipinski definition) is 0. The van der Waals surface area contributed by atoms with Crippen molar-refractivity contribution in [1.29, 1.82) is 0 Å². The molecule has 1 fully saturated rings. The molecule has 3 rings (SSSR count). The van der Waals surface area contributed by atoms with E-state index in [2.05, 4.69) is 32.4 Å². The van der Waals surface area contributed by atoms with Crippen molar-refractivity contribution < 1.29 is 4.79 Å². The van der Waals surface area contributed by atoms with Crippen molar-refractivity contribution in [2.45, 2.75) is 46.1 Å². The molecule has 7 heteroatoms. The number of hydrogen-bond acceptors (Lipinski definition) is 5. The Morgan fingerprint density at radius 1 is 1.45 bits per heavy atom. The summed E-state index contributed by atoms with van der Waals surface area (Å²) in [6, 6.07) is 2.35. The summed E-state index contributed by atoms with van der Waals surface area (Å²) in [5, 5.41) is 8.63. The minimum Gasteiger partial charge on any atom is -0.336 e. The van der Waals surface area contributed by atoms with Crippen LogP contribution in [-0.2, 0) is 6.42 Å². The molecule has 2 aromatic heterocycles. The maximum atomic E-state index is 12.7. The highest BCUT2D eigenvalue weighted by molar-refractivity contribution is 7.08. The van der Waals surface area contributed by atoms with Crippen LogP contribution in [0.1, 0.15) is 52.6 Å². The monoisotopic (exact) mass is 319 g/mol.